The average Bonchev–Trinajstić information content (AvgIpc) is 3.13. The molecule has 1 aromatic carbocycles. The van der Waals surface area contributed by atoms with E-state index < -0.39 is 0 Å². The lowest BCUT2D eigenvalue weighted by Crippen LogP contribution is -2.44. The second-order valence-corrected chi connectivity index (χ2v) is 7.78. The molecule has 1 heterocycles. The predicted molar refractivity (Wildman–Crippen MR) is 120 cm³/mol. The number of carbonyl (C=O) groups is 2. The van der Waals surface area contributed by atoms with Gasteiger partial charge in [0.1, 0.15) is 6.54 Å². The highest BCUT2D eigenvalue weighted by molar-refractivity contribution is 5.94. The predicted octanol–water partition coefficient (Wildman–Crippen LogP) is 3.20. The number of carbonyl (C=O) groups excluding carboxylic acids is 2. The molecule has 0 saturated carbocycles. The van der Waals surface area contributed by atoms with E-state index in [0.717, 1.165) is 11.3 Å². The molecular formula is C24H33N3O3. The Hall–Kier alpha value is -2.86. The van der Waals surface area contributed by atoms with E-state index in [4.69, 9.17) is 4.74 Å². The number of hydrogen-bond donors (Lipinski definition) is 0. The van der Waals surface area contributed by atoms with Crippen LogP contribution in [0, 0.1) is 5.92 Å². The maximum Gasteiger partial charge on any atom is 0.247 e. The summed E-state index contributed by atoms with van der Waals surface area (Å²) in [6.45, 7) is 6.05. The molecule has 0 aliphatic carbocycles. The Morgan fingerprint density at radius 2 is 1.83 bits per heavy atom. The van der Waals surface area contributed by atoms with Crippen molar-refractivity contribution >= 4 is 17.9 Å². The van der Waals surface area contributed by atoms with Crippen LogP contribution in [-0.4, -0.2) is 59.5 Å². The molecule has 162 valence electrons. The third-order valence-corrected chi connectivity index (χ3v) is 4.76. The van der Waals surface area contributed by atoms with Gasteiger partial charge in [-0.25, -0.2) is 0 Å². The summed E-state index contributed by atoms with van der Waals surface area (Å²) in [5.74, 6) is 0.00833. The zero-order valence-electron chi connectivity index (χ0n) is 18.5. The van der Waals surface area contributed by atoms with Gasteiger partial charge in [-0.3, -0.25) is 9.59 Å². The Bertz CT molecular complexity index is 827. The molecule has 2 rings (SSSR count). The highest BCUT2D eigenvalue weighted by atomic mass is 16.5. The number of hydrogen-bond acceptors (Lipinski definition) is 3. The number of aromatic nitrogens is 1. The molecule has 0 N–H and O–H groups in total. The van der Waals surface area contributed by atoms with Gasteiger partial charge in [0.05, 0.1) is 13.2 Å². The van der Waals surface area contributed by atoms with Gasteiger partial charge < -0.3 is 19.1 Å². The topological polar surface area (TPSA) is 54.8 Å². The Balaban J connectivity index is 2.11. The van der Waals surface area contributed by atoms with E-state index in [-0.39, 0.29) is 24.3 Å². The molecule has 2 amide bonds. The smallest absolute Gasteiger partial charge is 0.247 e. The van der Waals surface area contributed by atoms with Crippen molar-refractivity contribution in [2.75, 3.05) is 33.4 Å². The van der Waals surface area contributed by atoms with Crippen molar-refractivity contribution in [1.82, 2.24) is 14.4 Å². The van der Waals surface area contributed by atoms with E-state index in [2.05, 4.69) is 0 Å². The minimum absolute atomic E-state index is 0.0459. The van der Waals surface area contributed by atoms with Crippen LogP contribution in [-0.2, 0) is 27.9 Å². The number of ether oxygens (including phenoxy) is 1. The molecule has 30 heavy (non-hydrogen) atoms. The van der Waals surface area contributed by atoms with E-state index in [1.165, 1.54) is 0 Å². The fourth-order valence-corrected chi connectivity index (χ4v) is 3.12. The van der Waals surface area contributed by atoms with Gasteiger partial charge in [-0.1, -0.05) is 44.2 Å². The Morgan fingerprint density at radius 3 is 2.43 bits per heavy atom. The van der Waals surface area contributed by atoms with E-state index in [0.29, 0.717) is 26.2 Å². The lowest BCUT2D eigenvalue weighted by atomic mass is 10.2. The summed E-state index contributed by atoms with van der Waals surface area (Å²) in [6, 6.07) is 13.6. The van der Waals surface area contributed by atoms with Gasteiger partial charge in [0, 0.05) is 45.2 Å². The first-order valence-corrected chi connectivity index (χ1v) is 10.3. The van der Waals surface area contributed by atoms with Crippen LogP contribution in [0.25, 0.3) is 6.08 Å². The molecule has 0 atom stereocenters. The van der Waals surface area contributed by atoms with Crippen molar-refractivity contribution in [3.05, 3.63) is 66.0 Å². The number of rotatable bonds is 11. The molecule has 2 aromatic rings. The Morgan fingerprint density at radius 1 is 1.10 bits per heavy atom. The first-order chi connectivity index (χ1) is 14.4. The van der Waals surface area contributed by atoms with Crippen LogP contribution < -0.4 is 0 Å². The van der Waals surface area contributed by atoms with Crippen LogP contribution in [0.3, 0.4) is 0 Å². The normalized spacial score (nSPS) is 11.2. The summed E-state index contributed by atoms with van der Waals surface area (Å²) in [5.41, 5.74) is 1.98. The molecule has 1 aromatic heterocycles. The number of methoxy groups -OCH3 is 1. The maximum absolute atomic E-state index is 13.1. The molecule has 0 bridgehead atoms. The largest absolute Gasteiger partial charge is 0.383 e. The first kappa shape index (κ1) is 23.4. The molecule has 6 heteroatoms. The lowest BCUT2D eigenvalue weighted by Gasteiger charge is -2.28. The Kier molecular flexibility index (Phi) is 9.35. The maximum atomic E-state index is 13.1. The van der Waals surface area contributed by atoms with Gasteiger partial charge in [0.15, 0.2) is 0 Å². The molecule has 0 fully saturated rings. The summed E-state index contributed by atoms with van der Waals surface area (Å²) in [4.78, 5) is 29.3. The first-order valence-electron chi connectivity index (χ1n) is 10.3. The van der Waals surface area contributed by atoms with Crippen molar-refractivity contribution in [3.8, 4) is 0 Å². The quantitative estimate of drug-likeness (QED) is 0.534. The monoisotopic (exact) mass is 411 g/mol. The lowest BCUT2D eigenvalue weighted by molar-refractivity contribution is -0.139. The second kappa shape index (κ2) is 12.0. The minimum Gasteiger partial charge on any atom is -0.383 e. The number of amides is 2. The van der Waals surface area contributed by atoms with Gasteiger partial charge in [0.2, 0.25) is 11.8 Å². The van der Waals surface area contributed by atoms with Gasteiger partial charge in [-0.2, -0.15) is 0 Å². The van der Waals surface area contributed by atoms with Crippen LogP contribution in [0.15, 0.2) is 54.7 Å². The zero-order chi connectivity index (χ0) is 21.9. The zero-order valence-corrected chi connectivity index (χ0v) is 18.5. The van der Waals surface area contributed by atoms with E-state index in [1.807, 2.05) is 74.1 Å². The van der Waals surface area contributed by atoms with E-state index in [9.17, 15) is 9.59 Å². The standard InChI is InChI=1S/C24H33N3O3/c1-20(2)17-27(23(28)13-12-21-9-6-5-7-10-21)19-24(29)26(15-16-30-4)18-22-11-8-14-25(22)3/h5-14,20H,15-19H2,1-4H3/b13-12+. The molecule has 0 spiro atoms. The third-order valence-electron chi connectivity index (χ3n) is 4.76. The summed E-state index contributed by atoms with van der Waals surface area (Å²) < 4.78 is 7.18. The number of aryl methyl sites for hydroxylation is 1. The molecular weight excluding hydrogens is 378 g/mol. The highest BCUT2D eigenvalue weighted by Crippen LogP contribution is 2.09. The molecule has 0 radical (unpaired) electrons. The molecule has 0 unspecified atom stereocenters. The molecule has 0 saturated heterocycles. The van der Waals surface area contributed by atoms with E-state index >= 15 is 0 Å². The van der Waals surface area contributed by atoms with Crippen LogP contribution in [0.1, 0.15) is 25.1 Å². The molecule has 0 aliphatic rings. The minimum atomic E-state index is -0.161. The van der Waals surface area contributed by atoms with Crippen molar-refractivity contribution < 1.29 is 14.3 Å². The number of nitrogens with zero attached hydrogens (tertiary/aromatic N) is 3. The molecule has 6 nitrogen and oxygen atoms in total. The van der Waals surface area contributed by atoms with Gasteiger partial charge in [0.25, 0.3) is 0 Å². The summed E-state index contributed by atoms with van der Waals surface area (Å²) >= 11 is 0. The third kappa shape index (κ3) is 7.52. The van der Waals surface area contributed by atoms with Crippen molar-refractivity contribution in [3.63, 3.8) is 0 Å². The summed E-state index contributed by atoms with van der Waals surface area (Å²) in [5, 5.41) is 0. The summed E-state index contributed by atoms with van der Waals surface area (Å²) in [6.07, 6.45) is 5.28. The van der Waals surface area contributed by atoms with E-state index in [1.54, 1.807) is 29.1 Å². The SMILES string of the molecule is COCCN(Cc1cccn1C)C(=O)CN(CC(C)C)C(=O)/C=C/c1ccccc1. The van der Waals surface area contributed by atoms with Crippen LogP contribution >= 0.6 is 0 Å². The van der Waals surface area contributed by atoms with Crippen molar-refractivity contribution in [2.24, 2.45) is 13.0 Å². The van der Waals surface area contributed by atoms with Crippen molar-refractivity contribution in [1.29, 1.82) is 0 Å². The fraction of sp³-hybridized carbons (Fsp3) is 0.417. The second-order valence-electron chi connectivity index (χ2n) is 7.78. The highest BCUT2D eigenvalue weighted by Gasteiger charge is 2.21. The van der Waals surface area contributed by atoms with Crippen LogP contribution in [0.5, 0.6) is 0 Å². The van der Waals surface area contributed by atoms with Crippen LogP contribution in [0.2, 0.25) is 0 Å². The van der Waals surface area contributed by atoms with Crippen molar-refractivity contribution in [2.45, 2.75) is 20.4 Å². The number of benzene rings is 1. The fourth-order valence-electron chi connectivity index (χ4n) is 3.12. The average molecular weight is 412 g/mol. The van der Waals surface area contributed by atoms with Gasteiger partial charge in [-0.05, 0) is 29.7 Å². The van der Waals surface area contributed by atoms with Gasteiger partial charge >= 0.3 is 0 Å². The Labute approximate surface area is 179 Å². The van der Waals surface area contributed by atoms with Gasteiger partial charge in [-0.15, -0.1) is 0 Å². The van der Waals surface area contributed by atoms with Crippen LogP contribution in [0.4, 0.5) is 0 Å². The summed E-state index contributed by atoms with van der Waals surface area (Å²) in [7, 11) is 3.57. The molecule has 0 aliphatic heterocycles.